The van der Waals surface area contributed by atoms with Gasteiger partial charge in [-0.05, 0) is 90.9 Å². The number of urea groups is 1. The highest BCUT2D eigenvalue weighted by molar-refractivity contribution is 14.1. The molecule has 2 amide bonds. The molecule has 0 bridgehead atoms. The number of nitrogens with one attached hydrogen (secondary N) is 3. The quantitative estimate of drug-likeness (QED) is 0.0470. The maximum Gasteiger partial charge on any atom is 0.337 e. The van der Waals surface area contributed by atoms with Gasteiger partial charge in [0.2, 0.25) is 0 Å². The largest absolute Gasteiger partial charge is 0.490 e. The molecule has 3 aromatic rings. The number of carbonyl (C=O) groups is 2. The number of hydrogen-bond acceptors (Lipinski definition) is 10. The van der Waals surface area contributed by atoms with Crippen LogP contribution in [-0.2, 0) is 16.1 Å². The van der Waals surface area contributed by atoms with Crippen LogP contribution >= 0.6 is 45.8 Å². The van der Waals surface area contributed by atoms with Crippen molar-refractivity contribution >= 4 is 64.0 Å². The number of hydrazone groups is 1. The number of nitrogens with zero attached hydrogens (tertiary/aromatic N) is 1. The molecule has 1 aliphatic rings. The molecule has 48 heavy (non-hydrogen) atoms. The van der Waals surface area contributed by atoms with Crippen LogP contribution in [0.4, 0.5) is 4.79 Å². The lowest BCUT2D eigenvalue weighted by Crippen LogP contribution is -2.45. The molecule has 3 aromatic carbocycles. The van der Waals surface area contributed by atoms with E-state index in [1.807, 2.05) is 26.0 Å². The molecule has 0 unspecified atom stereocenters. The van der Waals surface area contributed by atoms with Crippen LogP contribution in [-0.4, -0.2) is 56.5 Å². The van der Waals surface area contributed by atoms with Crippen LogP contribution in [0.1, 0.15) is 43.5 Å². The van der Waals surface area contributed by atoms with Crippen LogP contribution < -0.4 is 35.0 Å². The van der Waals surface area contributed by atoms with Crippen molar-refractivity contribution < 1.29 is 38.4 Å². The third kappa shape index (κ3) is 9.58. The van der Waals surface area contributed by atoms with Gasteiger partial charge in [0.05, 0.1) is 41.7 Å². The minimum absolute atomic E-state index is 0.172. The molecule has 4 N–H and O–H groups in total. The summed E-state index contributed by atoms with van der Waals surface area (Å²) in [6.07, 6.45) is 0.364. The fourth-order valence-corrected chi connectivity index (χ4v) is 5.92. The van der Waals surface area contributed by atoms with Gasteiger partial charge in [-0.25, -0.2) is 9.59 Å². The Balaban J connectivity index is 1.40. The second-order valence-corrected chi connectivity index (χ2v) is 12.2. The van der Waals surface area contributed by atoms with E-state index in [-0.39, 0.29) is 18.8 Å². The molecular weight excluding hydrogens is 778 g/mol. The molecule has 256 valence electrons. The molecule has 1 aliphatic heterocycles. The zero-order valence-corrected chi connectivity index (χ0v) is 30.2. The van der Waals surface area contributed by atoms with Gasteiger partial charge in [0.25, 0.3) is 0 Å². The van der Waals surface area contributed by atoms with Gasteiger partial charge >= 0.3 is 12.0 Å². The zero-order chi connectivity index (χ0) is 34.8. The van der Waals surface area contributed by atoms with E-state index in [2.05, 4.69) is 43.8 Å². The fraction of sp³-hybridized carbons (Fsp3) is 0.303. The number of aliphatic hydroxyl groups is 1. The maximum atomic E-state index is 12.5. The predicted molar refractivity (Wildman–Crippen MR) is 190 cm³/mol. The Morgan fingerprint density at radius 2 is 1.79 bits per heavy atom. The number of hydrogen-bond donors (Lipinski definition) is 4. The van der Waals surface area contributed by atoms with Crippen molar-refractivity contribution in [1.29, 1.82) is 0 Å². The molecule has 1 heterocycles. The average Bonchev–Trinajstić information content (AvgIpc) is 3.04. The van der Waals surface area contributed by atoms with Gasteiger partial charge in [-0.15, -0.1) is 0 Å². The summed E-state index contributed by atoms with van der Waals surface area (Å²) >= 11 is 14.5. The standard InChI is InChI=1S/C33H35Cl2IN4O8/c1-5-45-26-13-20(30-29(32(42)44-4)18(3)38-33(43)39-30)8-10-25(26)47-17-28(41)40-37-15-19-11-24(36)31(27(12-19)46-6-2)48-16-21-7-9-22(34)14-23(21)35/h7-15,28,30,40-41H,5-6,16-17H2,1-4H3,(H2,38,39,43)/b37-15+/t28-,30+/m1/s1. The topological polar surface area (TPSA) is 149 Å². The first-order valence-corrected chi connectivity index (χ1v) is 16.6. The van der Waals surface area contributed by atoms with Gasteiger partial charge in [-0.1, -0.05) is 35.3 Å². The van der Waals surface area contributed by atoms with Crippen LogP contribution in [0.15, 0.2) is 64.9 Å². The minimum atomic E-state index is -1.17. The zero-order valence-electron chi connectivity index (χ0n) is 26.6. The Morgan fingerprint density at radius 3 is 2.50 bits per heavy atom. The van der Waals surface area contributed by atoms with Gasteiger partial charge < -0.3 is 39.4 Å². The predicted octanol–water partition coefficient (Wildman–Crippen LogP) is 6.10. The number of aliphatic hydroxyl groups excluding tert-OH is 1. The maximum absolute atomic E-state index is 12.5. The van der Waals surface area contributed by atoms with E-state index in [9.17, 15) is 14.7 Å². The molecule has 4 rings (SSSR count). The first kappa shape index (κ1) is 36.9. The van der Waals surface area contributed by atoms with Gasteiger partial charge in [-0.3, -0.25) is 5.43 Å². The number of rotatable bonds is 15. The summed E-state index contributed by atoms with van der Waals surface area (Å²) in [4.78, 5) is 24.7. The van der Waals surface area contributed by atoms with Gasteiger partial charge in [0.15, 0.2) is 29.2 Å². The number of ether oxygens (including phenoxy) is 5. The molecule has 0 spiro atoms. The molecule has 0 fully saturated rings. The molecule has 2 atom stereocenters. The summed E-state index contributed by atoms with van der Waals surface area (Å²) in [5.41, 5.74) is 5.35. The summed E-state index contributed by atoms with van der Waals surface area (Å²) < 4.78 is 29.2. The fourth-order valence-electron chi connectivity index (χ4n) is 4.67. The highest BCUT2D eigenvalue weighted by atomic mass is 127. The lowest BCUT2D eigenvalue weighted by Gasteiger charge is -2.28. The van der Waals surface area contributed by atoms with E-state index in [1.165, 1.54) is 13.3 Å². The van der Waals surface area contributed by atoms with E-state index in [1.54, 1.807) is 43.3 Å². The number of amides is 2. The minimum Gasteiger partial charge on any atom is -0.490 e. The van der Waals surface area contributed by atoms with Crippen molar-refractivity contribution in [3.05, 3.63) is 90.1 Å². The smallest absolute Gasteiger partial charge is 0.337 e. The van der Waals surface area contributed by atoms with Crippen LogP contribution in [0, 0.1) is 3.57 Å². The lowest BCUT2D eigenvalue weighted by molar-refractivity contribution is -0.136. The van der Waals surface area contributed by atoms with E-state index >= 15 is 0 Å². The van der Waals surface area contributed by atoms with E-state index in [0.29, 0.717) is 63.1 Å². The third-order valence-corrected chi connectivity index (χ3v) is 8.22. The number of carbonyl (C=O) groups excluding carboxylic acids is 2. The summed E-state index contributed by atoms with van der Waals surface area (Å²) in [5.74, 6) is 1.22. The van der Waals surface area contributed by atoms with Crippen LogP contribution in [0.25, 0.3) is 0 Å². The summed E-state index contributed by atoms with van der Waals surface area (Å²) in [6, 6.07) is 12.6. The number of benzene rings is 3. The molecule has 15 heteroatoms. The van der Waals surface area contributed by atoms with Gasteiger partial charge in [0.1, 0.15) is 13.2 Å². The Morgan fingerprint density at radius 1 is 1.04 bits per heavy atom. The number of allylic oxidation sites excluding steroid dienone is 1. The molecule has 0 aliphatic carbocycles. The van der Waals surface area contributed by atoms with E-state index in [0.717, 1.165) is 9.13 Å². The van der Waals surface area contributed by atoms with Crippen LogP contribution in [0.5, 0.6) is 23.0 Å². The van der Waals surface area contributed by atoms with Crippen molar-refractivity contribution in [2.24, 2.45) is 5.10 Å². The Kier molecular flexibility index (Phi) is 13.4. The second-order valence-electron chi connectivity index (χ2n) is 10.2. The Labute approximate surface area is 301 Å². The van der Waals surface area contributed by atoms with Crippen molar-refractivity contribution in [2.45, 2.75) is 39.6 Å². The number of esters is 1. The van der Waals surface area contributed by atoms with Crippen LogP contribution in [0.2, 0.25) is 10.0 Å². The molecule has 0 aromatic heterocycles. The average molecular weight is 813 g/mol. The first-order chi connectivity index (χ1) is 23.0. The number of methoxy groups -OCH3 is 1. The van der Waals surface area contributed by atoms with E-state index < -0.39 is 24.3 Å². The van der Waals surface area contributed by atoms with Gasteiger partial charge in [0, 0.05) is 21.3 Å². The first-order valence-electron chi connectivity index (χ1n) is 14.8. The molecule has 0 saturated heterocycles. The Bertz CT molecular complexity index is 1700. The highest BCUT2D eigenvalue weighted by Crippen LogP contribution is 2.36. The Hall–Kier alpha value is -3.92. The summed E-state index contributed by atoms with van der Waals surface area (Å²) in [6.45, 7) is 6.10. The third-order valence-electron chi connectivity index (χ3n) is 6.83. The summed E-state index contributed by atoms with van der Waals surface area (Å²) in [7, 11) is 1.27. The SMILES string of the molecule is CCOc1cc([C@@H]2NC(=O)NC(C)=C2C(=O)OC)ccc1OC[C@@H](O)N/N=C/c1cc(I)c(OCc2ccc(Cl)cc2Cl)c(OCC)c1. The van der Waals surface area contributed by atoms with Crippen molar-refractivity contribution in [3.8, 4) is 23.0 Å². The summed E-state index contributed by atoms with van der Waals surface area (Å²) in [5, 5.41) is 21.1. The van der Waals surface area contributed by atoms with Crippen LogP contribution in [0.3, 0.4) is 0 Å². The van der Waals surface area contributed by atoms with Crippen molar-refractivity contribution in [3.63, 3.8) is 0 Å². The molecule has 0 radical (unpaired) electrons. The molecule has 12 nitrogen and oxygen atoms in total. The van der Waals surface area contributed by atoms with Crippen molar-refractivity contribution in [2.75, 3.05) is 26.9 Å². The van der Waals surface area contributed by atoms with Crippen molar-refractivity contribution in [1.82, 2.24) is 16.1 Å². The normalized spacial score (nSPS) is 15.0. The second kappa shape index (κ2) is 17.5. The van der Waals surface area contributed by atoms with E-state index in [4.69, 9.17) is 46.9 Å². The monoisotopic (exact) mass is 812 g/mol. The van der Waals surface area contributed by atoms with Gasteiger partial charge in [-0.2, -0.15) is 5.10 Å². The highest BCUT2D eigenvalue weighted by Gasteiger charge is 2.32. The molecule has 0 saturated carbocycles. The molecular formula is C33H35Cl2IN4O8. The lowest BCUT2D eigenvalue weighted by atomic mass is 9.95. The number of halogens is 3.